The Morgan fingerprint density at radius 3 is 2.88 bits per heavy atom. The van der Waals surface area contributed by atoms with Gasteiger partial charge in [-0.05, 0) is 30.9 Å². The molecule has 1 aromatic carbocycles. The van der Waals surface area contributed by atoms with E-state index >= 15 is 0 Å². The number of hydrogen-bond acceptors (Lipinski definition) is 5. The quantitative estimate of drug-likeness (QED) is 0.914. The van der Waals surface area contributed by atoms with Gasteiger partial charge in [-0.3, -0.25) is 9.69 Å². The highest BCUT2D eigenvalue weighted by Gasteiger charge is 2.54. The van der Waals surface area contributed by atoms with E-state index in [1.807, 2.05) is 30.3 Å². The van der Waals surface area contributed by atoms with E-state index in [0.29, 0.717) is 24.8 Å². The average molecular weight is 350 g/mol. The van der Waals surface area contributed by atoms with Gasteiger partial charge in [-0.25, -0.2) is 0 Å². The molecule has 1 aliphatic carbocycles. The fourth-order valence-electron chi connectivity index (χ4n) is 4.08. The molecule has 6 nitrogen and oxygen atoms in total. The van der Waals surface area contributed by atoms with E-state index < -0.39 is 11.4 Å². The number of likely N-dealkylation sites (tertiary alicyclic amines) is 1. The van der Waals surface area contributed by atoms with Crippen LogP contribution in [-0.2, 0) is 11.3 Å². The number of carboxylic acid groups (broad SMARTS) is 1. The number of halogens is 1. The molecule has 7 heteroatoms. The van der Waals surface area contributed by atoms with Gasteiger partial charge in [0.05, 0.1) is 12.0 Å². The second-order valence-electron chi connectivity index (χ2n) is 6.60. The van der Waals surface area contributed by atoms with Crippen molar-refractivity contribution in [3.05, 3.63) is 36.2 Å². The van der Waals surface area contributed by atoms with Crippen molar-refractivity contribution < 1.29 is 14.4 Å². The molecule has 2 aliphatic rings. The zero-order valence-corrected chi connectivity index (χ0v) is 14.0. The van der Waals surface area contributed by atoms with Crippen LogP contribution < -0.4 is 0 Å². The van der Waals surface area contributed by atoms with Crippen molar-refractivity contribution in [1.29, 1.82) is 0 Å². The first kappa shape index (κ1) is 16.9. The Morgan fingerprint density at radius 2 is 2.17 bits per heavy atom. The van der Waals surface area contributed by atoms with Gasteiger partial charge in [0, 0.05) is 18.7 Å². The Morgan fingerprint density at radius 1 is 1.38 bits per heavy atom. The van der Waals surface area contributed by atoms with Gasteiger partial charge in [-0.2, -0.15) is 4.98 Å². The molecule has 2 atom stereocenters. The van der Waals surface area contributed by atoms with Gasteiger partial charge in [0.2, 0.25) is 0 Å². The minimum Gasteiger partial charge on any atom is -0.481 e. The van der Waals surface area contributed by atoms with E-state index in [4.69, 9.17) is 4.52 Å². The zero-order valence-electron chi connectivity index (χ0n) is 13.2. The van der Waals surface area contributed by atoms with Gasteiger partial charge >= 0.3 is 5.97 Å². The summed E-state index contributed by atoms with van der Waals surface area (Å²) in [4.78, 5) is 18.3. The summed E-state index contributed by atoms with van der Waals surface area (Å²) in [5.41, 5.74) is 0.331. The van der Waals surface area contributed by atoms with E-state index in [2.05, 4.69) is 15.0 Å². The summed E-state index contributed by atoms with van der Waals surface area (Å²) in [5.74, 6) is 0.721. The van der Waals surface area contributed by atoms with E-state index in [1.54, 1.807) is 0 Å². The largest absolute Gasteiger partial charge is 0.481 e. The van der Waals surface area contributed by atoms with Crippen molar-refractivity contribution in [2.24, 2.45) is 11.3 Å². The topological polar surface area (TPSA) is 79.5 Å². The highest BCUT2D eigenvalue weighted by atomic mass is 35.5. The smallest absolute Gasteiger partial charge is 0.311 e. The molecule has 24 heavy (non-hydrogen) atoms. The van der Waals surface area contributed by atoms with Crippen LogP contribution in [0.1, 0.15) is 25.1 Å². The minimum atomic E-state index is -0.652. The van der Waals surface area contributed by atoms with E-state index in [1.165, 1.54) is 0 Å². The van der Waals surface area contributed by atoms with Crippen LogP contribution in [0.2, 0.25) is 0 Å². The van der Waals surface area contributed by atoms with Crippen LogP contribution >= 0.6 is 12.4 Å². The van der Waals surface area contributed by atoms with E-state index in [0.717, 1.165) is 31.4 Å². The van der Waals surface area contributed by atoms with Gasteiger partial charge in [-0.1, -0.05) is 29.8 Å². The van der Waals surface area contributed by atoms with Crippen molar-refractivity contribution in [1.82, 2.24) is 15.0 Å². The summed E-state index contributed by atoms with van der Waals surface area (Å²) in [6.45, 7) is 1.94. The predicted molar refractivity (Wildman–Crippen MR) is 89.7 cm³/mol. The molecule has 0 amide bonds. The van der Waals surface area contributed by atoms with Crippen LogP contribution in [0.5, 0.6) is 0 Å². The Hall–Kier alpha value is -1.92. The van der Waals surface area contributed by atoms with Crippen molar-refractivity contribution in [3.8, 4) is 11.5 Å². The molecule has 2 fully saturated rings. The first-order valence-corrected chi connectivity index (χ1v) is 8.01. The molecule has 0 spiro atoms. The first-order chi connectivity index (χ1) is 11.2. The number of carbonyl (C=O) groups is 1. The maximum absolute atomic E-state index is 11.7. The number of nitrogens with zero attached hydrogens (tertiary/aromatic N) is 3. The molecule has 4 rings (SSSR count). The van der Waals surface area contributed by atoms with Crippen molar-refractivity contribution >= 4 is 18.4 Å². The molecule has 0 bridgehead atoms. The van der Waals surface area contributed by atoms with Gasteiger partial charge < -0.3 is 9.63 Å². The second kappa shape index (κ2) is 6.53. The molecule has 1 N–H and O–H groups in total. The molecule has 1 saturated carbocycles. The number of carboxylic acids is 1. The van der Waals surface area contributed by atoms with E-state index in [-0.39, 0.29) is 18.3 Å². The number of hydrogen-bond donors (Lipinski definition) is 1. The lowest BCUT2D eigenvalue weighted by molar-refractivity contribution is -0.149. The molecule has 1 saturated heterocycles. The average Bonchev–Trinajstić information content (AvgIpc) is 3.22. The Bertz CT molecular complexity index is 721. The number of benzene rings is 1. The molecule has 2 aromatic rings. The first-order valence-electron chi connectivity index (χ1n) is 8.01. The Kier molecular flexibility index (Phi) is 4.60. The number of rotatable bonds is 4. The van der Waals surface area contributed by atoms with Crippen molar-refractivity contribution in [2.45, 2.75) is 25.8 Å². The van der Waals surface area contributed by atoms with Crippen LogP contribution in [0.3, 0.4) is 0 Å². The summed E-state index contributed by atoms with van der Waals surface area (Å²) in [5, 5.41) is 13.7. The van der Waals surface area contributed by atoms with Crippen molar-refractivity contribution in [2.75, 3.05) is 13.1 Å². The molecule has 1 aromatic heterocycles. The lowest BCUT2D eigenvalue weighted by Crippen LogP contribution is -2.35. The Balaban J connectivity index is 0.00000169. The van der Waals surface area contributed by atoms with Crippen LogP contribution in [0.15, 0.2) is 34.9 Å². The minimum absolute atomic E-state index is 0. The molecule has 2 heterocycles. The second-order valence-corrected chi connectivity index (χ2v) is 6.60. The SMILES string of the molecule is Cl.O=C(O)[C@@]12CCC[C@H]1CN(Cc1noc(-c3ccccc3)n1)C2. The summed E-state index contributed by atoms with van der Waals surface area (Å²) in [6, 6.07) is 9.65. The summed E-state index contributed by atoms with van der Waals surface area (Å²) >= 11 is 0. The molecule has 128 valence electrons. The maximum Gasteiger partial charge on any atom is 0.311 e. The lowest BCUT2D eigenvalue weighted by Gasteiger charge is -2.23. The number of aliphatic carboxylic acids is 1. The highest BCUT2D eigenvalue weighted by Crippen LogP contribution is 2.49. The Labute approximate surface area is 146 Å². The highest BCUT2D eigenvalue weighted by molar-refractivity contribution is 5.85. The van der Waals surface area contributed by atoms with Crippen LogP contribution in [0.4, 0.5) is 0 Å². The lowest BCUT2D eigenvalue weighted by atomic mass is 9.81. The van der Waals surface area contributed by atoms with Gasteiger partial charge in [0.25, 0.3) is 5.89 Å². The summed E-state index contributed by atoms with van der Waals surface area (Å²) in [7, 11) is 0. The molecule has 1 aliphatic heterocycles. The fraction of sp³-hybridized carbons (Fsp3) is 0.471. The standard InChI is InChI=1S/C17H19N3O3.ClH/c21-16(22)17-8-4-7-13(17)9-20(11-17)10-14-18-15(23-19-14)12-5-2-1-3-6-12;/h1-3,5-6,13H,4,7-11H2,(H,21,22);1H/t13-,17+;/m0./s1. The van der Waals surface area contributed by atoms with Crippen LogP contribution in [-0.4, -0.2) is 39.2 Å². The maximum atomic E-state index is 11.7. The summed E-state index contributed by atoms with van der Waals surface area (Å²) in [6.07, 6.45) is 2.81. The third kappa shape index (κ3) is 2.80. The number of aromatic nitrogens is 2. The van der Waals surface area contributed by atoms with E-state index in [9.17, 15) is 9.90 Å². The molecule has 0 unspecified atom stereocenters. The third-order valence-corrected chi connectivity index (χ3v) is 5.22. The molecular formula is C17H20ClN3O3. The zero-order chi connectivity index (χ0) is 15.9. The molecule has 0 radical (unpaired) electrons. The number of fused-ring (bicyclic) bond motifs is 1. The van der Waals surface area contributed by atoms with Gasteiger partial charge in [0.15, 0.2) is 5.82 Å². The van der Waals surface area contributed by atoms with Crippen molar-refractivity contribution in [3.63, 3.8) is 0 Å². The van der Waals surface area contributed by atoms with Crippen LogP contribution in [0, 0.1) is 11.3 Å². The fourth-order valence-corrected chi connectivity index (χ4v) is 4.08. The molecular weight excluding hydrogens is 330 g/mol. The monoisotopic (exact) mass is 349 g/mol. The van der Waals surface area contributed by atoms with Crippen LogP contribution in [0.25, 0.3) is 11.5 Å². The van der Waals surface area contributed by atoms with Gasteiger partial charge in [0.1, 0.15) is 0 Å². The normalized spacial score (nSPS) is 26.1. The predicted octanol–water partition coefficient (Wildman–Crippen LogP) is 2.85. The third-order valence-electron chi connectivity index (χ3n) is 5.22. The van der Waals surface area contributed by atoms with Gasteiger partial charge in [-0.15, -0.1) is 12.4 Å². The summed E-state index contributed by atoms with van der Waals surface area (Å²) < 4.78 is 5.32.